The van der Waals surface area contributed by atoms with Crippen LogP contribution in [-0.2, 0) is 27.9 Å². The Balaban J connectivity index is 1.34. The summed E-state index contributed by atoms with van der Waals surface area (Å²) in [5, 5.41) is 11.5. The van der Waals surface area contributed by atoms with E-state index in [4.69, 9.17) is 19.2 Å². The number of carbonyl (C=O) groups is 2. The number of hydrogen-bond acceptors (Lipinski definition) is 8. The topological polar surface area (TPSA) is 126 Å². The van der Waals surface area contributed by atoms with E-state index < -0.39 is 6.04 Å². The van der Waals surface area contributed by atoms with Crippen LogP contribution in [0.5, 0.6) is 11.5 Å². The number of aromatic nitrogens is 5. The second-order valence-corrected chi connectivity index (χ2v) is 10.3. The van der Waals surface area contributed by atoms with Gasteiger partial charge < -0.3 is 24.1 Å². The van der Waals surface area contributed by atoms with E-state index in [1.165, 1.54) is 9.58 Å². The standard InChI is InChI=1S/C30H29N7O5/c1-35-23-10-4-2-8-21(23)32-29(35)28(30(39)31-16-20-7-6-14-40-20)37(19-12-13-25-26(15-19)42-18-41-25)27(38)17-36-24-11-5-3-9-22(24)33-34-36/h2-5,8-13,15,20,28H,6-7,14,16-18H2,1H3,(H,31,39). The van der Waals surface area contributed by atoms with Crippen molar-refractivity contribution in [1.29, 1.82) is 0 Å². The zero-order valence-electron chi connectivity index (χ0n) is 23.0. The minimum atomic E-state index is -1.12. The molecule has 1 N–H and O–H groups in total. The van der Waals surface area contributed by atoms with E-state index in [-0.39, 0.29) is 31.3 Å². The molecule has 3 aromatic carbocycles. The molecular formula is C30H29N7O5. The van der Waals surface area contributed by atoms with Gasteiger partial charge in [-0.3, -0.25) is 14.5 Å². The van der Waals surface area contributed by atoms with E-state index in [1.807, 2.05) is 60.1 Å². The smallest absolute Gasteiger partial charge is 0.251 e. The summed E-state index contributed by atoms with van der Waals surface area (Å²) in [6.07, 6.45) is 1.73. The molecule has 0 spiro atoms. The molecule has 2 atom stereocenters. The molecule has 1 fully saturated rings. The Bertz CT molecular complexity index is 1790. The van der Waals surface area contributed by atoms with Gasteiger partial charge in [0.25, 0.3) is 5.91 Å². The van der Waals surface area contributed by atoms with Crippen LogP contribution in [0.3, 0.4) is 0 Å². The first-order valence-corrected chi connectivity index (χ1v) is 13.9. The second kappa shape index (κ2) is 10.8. The van der Waals surface area contributed by atoms with Crippen molar-refractivity contribution >= 4 is 39.6 Å². The molecule has 0 bridgehead atoms. The van der Waals surface area contributed by atoms with Crippen LogP contribution in [0.1, 0.15) is 24.7 Å². The molecule has 2 aliphatic heterocycles. The van der Waals surface area contributed by atoms with Gasteiger partial charge in [-0.1, -0.05) is 29.5 Å². The van der Waals surface area contributed by atoms with E-state index in [1.54, 1.807) is 18.2 Å². The summed E-state index contributed by atoms with van der Waals surface area (Å²) in [6.45, 7) is 0.917. The van der Waals surface area contributed by atoms with Crippen molar-refractivity contribution in [2.75, 3.05) is 24.8 Å². The predicted molar refractivity (Wildman–Crippen MR) is 153 cm³/mol. The lowest BCUT2D eigenvalue weighted by atomic mass is 10.1. The number of amides is 2. The number of benzene rings is 3. The monoisotopic (exact) mass is 567 g/mol. The van der Waals surface area contributed by atoms with E-state index in [9.17, 15) is 9.59 Å². The molecule has 5 aromatic rings. The van der Waals surface area contributed by atoms with E-state index >= 15 is 0 Å². The molecule has 0 radical (unpaired) electrons. The molecule has 12 nitrogen and oxygen atoms in total. The molecule has 0 saturated carbocycles. The molecule has 2 aromatic heterocycles. The van der Waals surface area contributed by atoms with Gasteiger partial charge in [-0.2, -0.15) is 0 Å². The third-order valence-corrected chi connectivity index (χ3v) is 7.71. The Morgan fingerprint density at radius 2 is 1.81 bits per heavy atom. The first kappa shape index (κ1) is 26.0. The van der Waals surface area contributed by atoms with Gasteiger partial charge in [0, 0.05) is 32.0 Å². The predicted octanol–water partition coefficient (Wildman–Crippen LogP) is 3.12. The zero-order valence-corrected chi connectivity index (χ0v) is 23.0. The number of carbonyl (C=O) groups excluding carboxylic acids is 2. The highest BCUT2D eigenvalue weighted by Crippen LogP contribution is 2.38. The summed E-state index contributed by atoms with van der Waals surface area (Å²) >= 11 is 0. The van der Waals surface area contributed by atoms with Crippen LogP contribution >= 0.6 is 0 Å². The number of aryl methyl sites for hydroxylation is 1. The Morgan fingerprint density at radius 3 is 2.62 bits per heavy atom. The summed E-state index contributed by atoms with van der Waals surface area (Å²) < 4.78 is 20.3. The summed E-state index contributed by atoms with van der Waals surface area (Å²) in [5.41, 5.74) is 3.38. The van der Waals surface area contributed by atoms with Crippen LogP contribution in [0.4, 0.5) is 5.69 Å². The number of imidazole rings is 1. The van der Waals surface area contributed by atoms with Crippen LogP contribution in [-0.4, -0.2) is 62.4 Å². The highest BCUT2D eigenvalue weighted by Gasteiger charge is 2.37. The fourth-order valence-corrected chi connectivity index (χ4v) is 5.59. The second-order valence-electron chi connectivity index (χ2n) is 10.3. The summed E-state index contributed by atoms with van der Waals surface area (Å²) in [5.74, 6) is 0.707. The lowest BCUT2D eigenvalue weighted by Crippen LogP contribution is -2.47. The SMILES string of the molecule is Cn1c(C(C(=O)NCC2CCCO2)N(C(=O)Cn2nnc3ccccc32)c2ccc3c(c2)OCO3)nc2ccccc21. The third kappa shape index (κ3) is 4.69. The molecule has 2 aliphatic rings. The molecule has 12 heteroatoms. The Morgan fingerprint density at radius 1 is 1.02 bits per heavy atom. The molecule has 0 aliphatic carbocycles. The summed E-state index contributed by atoms with van der Waals surface area (Å²) in [6, 6.07) is 19.1. The van der Waals surface area contributed by atoms with Crippen LogP contribution < -0.4 is 19.7 Å². The van der Waals surface area contributed by atoms with Crippen molar-refractivity contribution < 1.29 is 23.8 Å². The molecule has 214 valence electrons. The maximum absolute atomic E-state index is 14.4. The van der Waals surface area contributed by atoms with Crippen LogP contribution in [0.15, 0.2) is 66.7 Å². The van der Waals surface area contributed by atoms with Crippen LogP contribution in [0.25, 0.3) is 22.1 Å². The number of ether oxygens (including phenoxy) is 3. The quantitative estimate of drug-likeness (QED) is 0.303. The first-order chi connectivity index (χ1) is 20.6. The molecule has 2 amide bonds. The number of anilines is 1. The fourth-order valence-electron chi connectivity index (χ4n) is 5.59. The van der Waals surface area contributed by atoms with Crippen molar-refractivity contribution in [3.63, 3.8) is 0 Å². The molecule has 2 unspecified atom stereocenters. The lowest BCUT2D eigenvalue weighted by Gasteiger charge is -2.31. The number of nitrogens with zero attached hydrogens (tertiary/aromatic N) is 6. The highest BCUT2D eigenvalue weighted by atomic mass is 16.7. The van der Waals surface area contributed by atoms with Crippen molar-refractivity contribution in [3.05, 3.63) is 72.6 Å². The third-order valence-electron chi connectivity index (χ3n) is 7.71. The van der Waals surface area contributed by atoms with Gasteiger partial charge in [0.05, 0.1) is 22.7 Å². The molecule has 42 heavy (non-hydrogen) atoms. The van der Waals surface area contributed by atoms with Gasteiger partial charge in [0.2, 0.25) is 12.7 Å². The Labute approximate surface area is 240 Å². The van der Waals surface area contributed by atoms with Crippen molar-refractivity contribution in [1.82, 2.24) is 29.9 Å². The number of hydrogen-bond donors (Lipinski definition) is 1. The van der Waals surface area contributed by atoms with Gasteiger partial charge in [0.1, 0.15) is 17.9 Å². The molecular weight excluding hydrogens is 538 g/mol. The van der Waals surface area contributed by atoms with Crippen LogP contribution in [0.2, 0.25) is 0 Å². The largest absolute Gasteiger partial charge is 0.454 e. The number of rotatable bonds is 8. The van der Waals surface area contributed by atoms with Gasteiger partial charge in [-0.15, -0.1) is 5.10 Å². The van der Waals surface area contributed by atoms with Crippen molar-refractivity contribution in [2.24, 2.45) is 7.05 Å². The lowest BCUT2D eigenvalue weighted by molar-refractivity contribution is -0.127. The Kier molecular flexibility index (Phi) is 6.67. The van der Waals surface area contributed by atoms with E-state index in [0.717, 1.165) is 18.4 Å². The van der Waals surface area contributed by atoms with Gasteiger partial charge in [-0.05, 0) is 49.2 Å². The summed E-state index contributed by atoms with van der Waals surface area (Å²) in [7, 11) is 1.85. The van der Waals surface area contributed by atoms with Crippen molar-refractivity contribution in [3.8, 4) is 11.5 Å². The van der Waals surface area contributed by atoms with E-state index in [2.05, 4.69) is 15.6 Å². The van der Waals surface area contributed by atoms with Crippen molar-refractivity contribution in [2.45, 2.75) is 31.5 Å². The van der Waals surface area contributed by atoms with E-state index in [0.29, 0.717) is 52.7 Å². The zero-order chi connectivity index (χ0) is 28.6. The fraction of sp³-hybridized carbons (Fsp3) is 0.300. The molecule has 1 saturated heterocycles. The van der Waals surface area contributed by atoms with Gasteiger partial charge >= 0.3 is 0 Å². The number of fused-ring (bicyclic) bond motifs is 3. The number of nitrogens with one attached hydrogen (secondary N) is 1. The molecule has 4 heterocycles. The Hall–Kier alpha value is -4.97. The average Bonchev–Trinajstić information content (AvgIpc) is 3.82. The highest BCUT2D eigenvalue weighted by molar-refractivity contribution is 6.02. The maximum Gasteiger partial charge on any atom is 0.251 e. The minimum Gasteiger partial charge on any atom is -0.454 e. The maximum atomic E-state index is 14.4. The van der Waals surface area contributed by atoms with Gasteiger partial charge in [-0.25, -0.2) is 9.67 Å². The normalized spacial score (nSPS) is 16.6. The average molecular weight is 568 g/mol. The summed E-state index contributed by atoms with van der Waals surface area (Å²) in [4.78, 5) is 34.9. The number of para-hydroxylation sites is 3. The van der Waals surface area contributed by atoms with Gasteiger partial charge in [0.15, 0.2) is 17.5 Å². The first-order valence-electron chi connectivity index (χ1n) is 13.9. The van der Waals surface area contributed by atoms with Crippen LogP contribution in [0, 0.1) is 0 Å². The molecule has 7 rings (SSSR count). The minimum absolute atomic E-state index is 0.0771.